The molecule has 1 aliphatic heterocycles. The molecule has 0 spiro atoms. The molecule has 0 unspecified atom stereocenters. The average Bonchev–Trinajstić information content (AvgIpc) is 2.78. The Hall–Kier alpha value is -3.19. The standard InChI is InChI=1S/C23H22ClFN4O2/c1-15-4-7-18(8-5-15)31-23-21(26-10-11-27-23)29-12-2-3-16(14-29)22(30)28-17-6-9-20(25)19(24)13-17/h4-11,13,16H,2-3,12,14H2,1H3,(H,28,30)/t16-/m0/s1. The van der Waals surface area contributed by atoms with Gasteiger partial charge in [-0.25, -0.2) is 14.4 Å². The number of rotatable bonds is 5. The van der Waals surface area contributed by atoms with Crippen LogP contribution in [0.25, 0.3) is 0 Å². The van der Waals surface area contributed by atoms with E-state index < -0.39 is 5.82 Å². The third-order valence-electron chi connectivity index (χ3n) is 5.16. The summed E-state index contributed by atoms with van der Waals surface area (Å²) in [6.07, 6.45) is 4.76. The number of nitrogens with zero attached hydrogens (tertiary/aromatic N) is 3. The van der Waals surface area contributed by atoms with Gasteiger partial charge in [-0.2, -0.15) is 0 Å². The fourth-order valence-electron chi connectivity index (χ4n) is 3.53. The topological polar surface area (TPSA) is 67.4 Å². The maximum absolute atomic E-state index is 13.4. The highest BCUT2D eigenvalue weighted by atomic mass is 35.5. The first-order chi connectivity index (χ1) is 15.0. The Morgan fingerprint density at radius 3 is 2.74 bits per heavy atom. The van der Waals surface area contributed by atoms with Gasteiger partial charge in [0.1, 0.15) is 11.6 Å². The second-order valence-corrected chi connectivity index (χ2v) is 7.91. The smallest absolute Gasteiger partial charge is 0.263 e. The monoisotopic (exact) mass is 440 g/mol. The third kappa shape index (κ3) is 5.11. The van der Waals surface area contributed by atoms with Crippen molar-refractivity contribution in [3.05, 3.63) is 71.3 Å². The van der Waals surface area contributed by atoms with Crippen molar-refractivity contribution in [1.29, 1.82) is 0 Å². The van der Waals surface area contributed by atoms with Crippen LogP contribution in [0.15, 0.2) is 54.9 Å². The summed E-state index contributed by atoms with van der Waals surface area (Å²) in [5.41, 5.74) is 1.61. The summed E-state index contributed by atoms with van der Waals surface area (Å²) in [4.78, 5) is 23.6. The first kappa shape index (κ1) is 21.1. The SMILES string of the molecule is Cc1ccc(Oc2nccnc2N2CCC[C@H](C(=O)Nc3ccc(F)c(Cl)c3)C2)cc1. The second kappa shape index (κ2) is 9.31. The molecule has 31 heavy (non-hydrogen) atoms. The Morgan fingerprint density at radius 2 is 1.97 bits per heavy atom. The molecule has 0 bridgehead atoms. The molecule has 8 heteroatoms. The van der Waals surface area contributed by atoms with Gasteiger partial charge < -0.3 is 15.0 Å². The molecular formula is C23H22ClFN4O2. The van der Waals surface area contributed by atoms with Gasteiger partial charge in [-0.15, -0.1) is 0 Å². The number of halogens is 2. The van der Waals surface area contributed by atoms with E-state index in [9.17, 15) is 9.18 Å². The van der Waals surface area contributed by atoms with Crippen molar-refractivity contribution >= 4 is 29.0 Å². The van der Waals surface area contributed by atoms with Crippen LogP contribution in [0.5, 0.6) is 11.6 Å². The minimum absolute atomic E-state index is 0.0273. The quantitative estimate of drug-likeness (QED) is 0.588. The Bertz CT molecular complexity index is 1080. The van der Waals surface area contributed by atoms with Crippen molar-refractivity contribution in [2.45, 2.75) is 19.8 Å². The van der Waals surface area contributed by atoms with Gasteiger partial charge in [0.25, 0.3) is 5.88 Å². The molecule has 0 aliphatic carbocycles. The van der Waals surface area contributed by atoms with E-state index in [1.54, 1.807) is 12.4 Å². The minimum Gasteiger partial charge on any atom is -0.436 e. The lowest BCUT2D eigenvalue weighted by molar-refractivity contribution is -0.120. The molecule has 1 saturated heterocycles. The molecule has 1 N–H and O–H groups in total. The van der Waals surface area contributed by atoms with Crippen LogP contribution < -0.4 is 15.0 Å². The van der Waals surface area contributed by atoms with E-state index in [1.165, 1.54) is 18.2 Å². The highest BCUT2D eigenvalue weighted by molar-refractivity contribution is 6.31. The van der Waals surface area contributed by atoms with Gasteiger partial charge >= 0.3 is 0 Å². The number of aromatic nitrogens is 2. The fraction of sp³-hybridized carbons (Fsp3) is 0.261. The van der Waals surface area contributed by atoms with Gasteiger partial charge in [-0.05, 0) is 50.1 Å². The zero-order chi connectivity index (χ0) is 21.8. The number of carbonyl (C=O) groups is 1. The van der Waals surface area contributed by atoms with Gasteiger partial charge in [-0.1, -0.05) is 29.3 Å². The summed E-state index contributed by atoms with van der Waals surface area (Å²) in [5, 5.41) is 2.80. The molecule has 2 aromatic carbocycles. The minimum atomic E-state index is -0.521. The highest BCUT2D eigenvalue weighted by Crippen LogP contribution is 2.31. The molecule has 6 nitrogen and oxygen atoms in total. The van der Waals surface area contributed by atoms with E-state index in [0.29, 0.717) is 29.7 Å². The van der Waals surface area contributed by atoms with Crippen molar-refractivity contribution in [1.82, 2.24) is 9.97 Å². The normalized spacial score (nSPS) is 16.1. The van der Waals surface area contributed by atoms with Crippen molar-refractivity contribution in [3.63, 3.8) is 0 Å². The number of piperidine rings is 1. The predicted octanol–water partition coefficient (Wildman–Crippen LogP) is 5.22. The summed E-state index contributed by atoms with van der Waals surface area (Å²) >= 11 is 5.82. The zero-order valence-corrected chi connectivity index (χ0v) is 17.8. The molecule has 160 valence electrons. The number of nitrogens with one attached hydrogen (secondary N) is 1. The van der Waals surface area contributed by atoms with Crippen LogP contribution in [0.1, 0.15) is 18.4 Å². The van der Waals surface area contributed by atoms with Crippen LogP contribution >= 0.6 is 11.6 Å². The molecule has 1 atom stereocenters. The Morgan fingerprint density at radius 1 is 1.19 bits per heavy atom. The lowest BCUT2D eigenvalue weighted by Gasteiger charge is -2.33. The number of anilines is 2. The molecule has 3 aromatic rings. The van der Waals surface area contributed by atoms with E-state index in [1.807, 2.05) is 36.1 Å². The maximum Gasteiger partial charge on any atom is 0.263 e. The van der Waals surface area contributed by atoms with Gasteiger partial charge in [0, 0.05) is 31.2 Å². The first-order valence-corrected chi connectivity index (χ1v) is 10.4. The van der Waals surface area contributed by atoms with E-state index in [0.717, 1.165) is 24.9 Å². The molecule has 2 heterocycles. The van der Waals surface area contributed by atoms with E-state index in [-0.39, 0.29) is 16.8 Å². The molecule has 0 radical (unpaired) electrons. The summed E-state index contributed by atoms with van der Waals surface area (Å²) < 4.78 is 19.3. The summed E-state index contributed by atoms with van der Waals surface area (Å²) in [6.45, 7) is 3.23. The molecule has 1 aromatic heterocycles. The van der Waals surface area contributed by atoms with Gasteiger partial charge in [-0.3, -0.25) is 4.79 Å². The highest BCUT2D eigenvalue weighted by Gasteiger charge is 2.28. The Balaban J connectivity index is 1.47. The average molecular weight is 441 g/mol. The second-order valence-electron chi connectivity index (χ2n) is 7.50. The first-order valence-electron chi connectivity index (χ1n) is 10.1. The van der Waals surface area contributed by atoms with Crippen molar-refractivity contribution in [2.75, 3.05) is 23.3 Å². The van der Waals surface area contributed by atoms with Crippen LogP contribution in [-0.2, 0) is 4.79 Å². The lowest BCUT2D eigenvalue weighted by atomic mass is 9.97. The van der Waals surface area contributed by atoms with Gasteiger partial charge in [0.2, 0.25) is 5.91 Å². The number of aryl methyl sites for hydroxylation is 1. The van der Waals surface area contributed by atoms with Crippen molar-refractivity contribution < 1.29 is 13.9 Å². The Labute approximate surface area is 185 Å². The largest absolute Gasteiger partial charge is 0.436 e. The van der Waals surface area contributed by atoms with Crippen LogP contribution in [0.3, 0.4) is 0 Å². The number of ether oxygens (including phenoxy) is 1. The van der Waals surface area contributed by atoms with Crippen molar-refractivity contribution in [2.24, 2.45) is 5.92 Å². The molecule has 1 amide bonds. The van der Waals surface area contributed by atoms with Gasteiger partial charge in [0.15, 0.2) is 5.82 Å². The van der Waals surface area contributed by atoms with Gasteiger partial charge in [0.05, 0.1) is 10.9 Å². The third-order valence-corrected chi connectivity index (χ3v) is 5.45. The molecule has 4 rings (SSSR count). The van der Waals surface area contributed by atoms with E-state index in [4.69, 9.17) is 16.3 Å². The molecule has 1 fully saturated rings. The summed E-state index contributed by atoms with van der Waals surface area (Å²) in [6, 6.07) is 11.8. The number of hydrogen-bond acceptors (Lipinski definition) is 5. The molecule has 1 aliphatic rings. The Kier molecular flexibility index (Phi) is 6.32. The van der Waals surface area contributed by atoms with E-state index in [2.05, 4.69) is 15.3 Å². The van der Waals surface area contributed by atoms with Crippen LogP contribution in [0.2, 0.25) is 5.02 Å². The maximum atomic E-state index is 13.4. The summed E-state index contributed by atoms with van der Waals surface area (Å²) in [7, 11) is 0. The zero-order valence-electron chi connectivity index (χ0n) is 17.0. The molecule has 0 saturated carbocycles. The number of benzene rings is 2. The van der Waals surface area contributed by atoms with E-state index >= 15 is 0 Å². The summed E-state index contributed by atoms with van der Waals surface area (Å²) in [5.74, 6) is 0.756. The predicted molar refractivity (Wildman–Crippen MR) is 118 cm³/mol. The molecular weight excluding hydrogens is 419 g/mol. The van der Waals surface area contributed by atoms with Crippen LogP contribution in [0.4, 0.5) is 15.9 Å². The number of carbonyl (C=O) groups excluding carboxylic acids is 1. The van der Waals surface area contributed by atoms with Crippen LogP contribution in [-0.4, -0.2) is 29.0 Å². The fourth-order valence-corrected chi connectivity index (χ4v) is 3.71. The lowest BCUT2D eigenvalue weighted by Crippen LogP contribution is -2.41. The number of hydrogen-bond donors (Lipinski definition) is 1. The number of amides is 1. The van der Waals surface area contributed by atoms with Crippen LogP contribution in [0, 0.1) is 18.7 Å². The van der Waals surface area contributed by atoms with Crippen molar-refractivity contribution in [3.8, 4) is 11.6 Å².